The number of likely N-dealkylation sites (tertiary alicyclic amines) is 4. The molecule has 4 atom stereocenters. The zero-order valence-corrected chi connectivity index (χ0v) is 73.8. The fourth-order valence-electron chi connectivity index (χ4n) is 15.5. The number of aliphatic carboxylic acids is 4. The number of nitrogens with one attached hydrogen (secondary N) is 13. The maximum atomic E-state index is 13.0. The van der Waals surface area contributed by atoms with Gasteiger partial charge in [0.25, 0.3) is 0 Å². The molecule has 0 saturated carbocycles. The van der Waals surface area contributed by atoms with Crippen LogP contribution in [0.3, 0.4) is 0 Å². The number of hydrogen-bond donors (Lipinski definition) is 17. The lowest BCUT2D eigenvalue weighted by molar-refractivity contribution is -0.140. The lowest BCUT2D eigenvalue weighted by Crippen LogP contribution is -2.50. The molecule has 9 amide bonds. The van der Waals surface area contributed by atoms with Gasteiger partial charge in [0.2, 0.25) is 47.3 Å². The van der Waals surface area contributed by atoms with Crippen LogP contribution in [0, 0.1) is 23.7 Å². The van der Waals surface area contributed by atoms with Crippen LogP contribution in [-0.4, -0.2) is 301 Å². The van der Waals surface area contributed by atoms with Crippen molar-refractivity contribution in [2.24, 2.45) is 43.6 Å². The SMILES string of the molecule is C[C@H](CC(=O)O)NC(=O)C1CCN(C(=O)CCCNC2=NCCN2)CC1.O=C(N[C@@H](CNC(=O)C1CCN(C(=O)CCCNC2=NCCN2)CC1)C(=O)O)OCc1ccccc1.O=C(O)C[C@H](NC(=O)C1CCN(C(=O)CCCNC2=NCCN2)CC1)c1ccc(Cl)nc1.O=C(O)C[C@H](NC(=O)C1CCN(C(=O)CCCNC2=NCCN2)CC1)c1cnc2ccccc2c1. The Morgan fingerprint density at radius 3 is 1.19 bits per heavy atom. The number of benzene rings is 2. The molecule has 0 spiro atoms. The number of rotatable bonds is 37. The molecule has 0 aliphatic carbocycles. The maximum Gasteiger partial charge on any atom is 0.408 e. The van der Waals surface area contributed by atoms with Crippen LogP contribution >= 0.6 is 11.6 Å². The minimum Gasteiger partial charge on any atom is -0.481 e. The topological polar surface area (TPSA) is 557 Å². The summed E-state index contributed by atoms with van der Waals surface area (Å²) in [5.41, 5.74) is 2.84. The number of aliphatic imine (C=N–C) groups is 4. The van der Waals surface area contributed by atoms with Crippen LogP contribution in [0.1, 0.15) is 158 Å². The van der Waals surface area contributed by atoms with Gasteiger partial charge in [0, 0.05) is 184 Å². The lowest BCUT2D eigenvalue weighted by Gasteiger charge is -2.32. The molecule has 17 N–H and O–H groups in total. The Balaban J connectivity index is 0.000000195. The molecule has 0 radical (unpaired) electrons. The quantitative estimate of drug-likeness (QED) is 0.0227. The van der Waals surface area contributed by atoms with E-state index in [2.05, 4.69) is 99.1 Å². The lowest BCUT2D eigenvalue weighted by atomic mass is 9.94. The van der Waals surface area contributed by atoms with Crippen molar-refractivity contribution in [1.82, 2.24) is 98.7 Å². The van der Waals surface area contributed by atoms with Crippen molar-refractivity contribution in [3.05, 3.63) is 107 Å². The second kappa shape index (κ2) is 53.8. The molecule has 129 heavy (non-hydrogen) atoms. The van der Waals surface area contributed by atoms with Gasteiger partial charge in [0.15, 0.2) is 23.8 Å². The second-order valence-electron chi connectivity index (χ2n) is 32.4. The zero-order chi connectivity index (χ0) is 92.2. The van der Waals surface area contributed by atoms with Crippen LogP contribution < -0.4 is 69.1 Å². The van der Waals surface area contributed by atoms with E-state index in [1.807, 2.05) is 46.2 Å². The predicted octanol–water partition coefficient (Wildman–Crippen LogP) is 1.95. The van der Waals surface area contributed by atoms with Gasteiger partial charge in [-0.2, -0.15) is 0 Å². The van der Waals surface area contributed by atoms with E-state index < -0.39 is 48.1 Å². The van der Waals surface area contributed by atoms with Crippen LogP contribution in [0.5, 0.6) is 0 Å². The summed E-state index contributed by atoms with van der Waals surface area (Å²) in [6.07, 6.45) is 10.8. The van der Waals surface area contributed by atoms with E-state index in [-0.39, 0.29) is 109 Å². The number of nitrogens with zero attached hydrogens (tertiary/aromatic N) is 10. The number of ether oxygens (including phenoxy) is 1. The number of carboxylic acid groups (broad SMARTS) is 4. The van der Waals surface area contributed by atoms with E-state index in [4.69, 9.17) is 21.4 Å². The van der Waals surface area contributed by atoms with Gasteiger partial charge in [-0.25, -0.2) is 14.6 Å². The highest BCUT2D eigenvalue weighted by Crippen LogP contribution is 2.28. The van der Waals surface area contributed by atoms with Crippen molar-refractivity contribution in [2.75, 3.05) is 137 Å². The Kier molecular flexibility index (Phi) is 41.7. The summed E-state index contributed by atoms with van der Waals surface area (Å²) in [4.78, 5) is 190. The smallest absolute Gasteiger partial charge is 0.408 e. The van der Waals surface area contributed by atoms with Gasteiger partial charge in [-0.3, -0.25) is 77.7 Å². The molecule has 702 valence electrons. The Morgan fingerprint density at radius 2 is 0.814 bits per heavy atom. The molecule has 42 heteroatoms. The third-order valence-electron chi connectivity index (χ3n) is 22.7. The summed E-state index contributed by atoms with van der Waals surface area (Å²) in [6.45, 7) is 14.9. The third-order valence-corrected chi connectivity index (χ3v) is 22.9. The van der Waals surface area contributed by atoms with Crippen LogP contribution in [0.25, 0.3) is 10.9 Å². The van der Waals surface area contributed by atoms with Gasteiger partial charge in [0.05, 0.1) is 63.0 Å². The molecule has 8 aliphatic rings. The first-order chi connectivity index (χ1) is 62.3. The predicted molar refractivity (Wildman–Crippen MR) is 479 cm³/mol. The highest BCUT2D eigenvalue weighted by molar-refractivity contribution is 6.29. The molecular weight excluding hydrogens is 1690 g/mol. The van der Waals surface area contributed by atoms with E-state index in [9.17, 15) is 77.6 Å². The molecule has 0 unspecified atom stereocenters. The number of fused-ring (bicyclic) bond motifs is 1. The first kappa shape index (κ1) is 100. The van der Waals surface area contributed by atoms with Crippen molar-refractivity contribution < 1.29 is 87.5 Å². The number of hydrogen-bond acceptors (Lipinski definition) is 28. The number of alkyl carbamates (subject to hydrolysis) is 1. The monoisotopic (exact) mass is 1810 g/mol. The van der Waals surface area contributed by atoms with Gasteiger partial charge in [0.1, 0.15) is 17.8 Å². The number of carbonyl (C=O) groups excluding carboxylic acids is 9. The summed E-state index contributed by atoms with van der Waals surface area (Å²) < 4.78 is 5.05. The van der Waals surface area contributed by atoms with Gasteiger partial charge >= 0.3 is 30.0 Å². The molecule has 12 rings (SSSR count). The minimum atomic E-state index is -1.32. The van der Waals surface area contributed by atoms with Crippen molar-refractivity contribution in [2.45, 2.75) is 160 Å². The normalized spacial score (nSPS) is 17.2. The number of aromatic nitrogens is 2. The van der Waals surface area contributed by atoms with Crippen molar-refractivity contribution >= 4 is 124 Å². The van der Waals surface area contributed by atoms with Gasteiger partial charge < -0.3 is 114 Å². The Labute approximate surface area is 754 Å². The Bertz CT molecular complexity index is 4520. The van der Waals surface area contributed by atoms with Gasteiger partial charge in [-0.1, -0.05) is 66.2 Å². The standard InChI is InChI=1S/C25H32N6O4.C24H34N6O6.C21H29ClN6O4.C17H29N5O4/c32-22(6-3-9-26-25-27-10-11-28-25)31-12-7-17(8-13-31)24(35)30-21(15-23(33)34)19-14-18-4-1-2-5-20(18)29-16-19;31-20(7-4-10-25-23-26-11-12-27-23)30-13-8-18(9-14-30)21(32)28-15-19(22(33)34)29-24(35)36-16-17-5-2-1-3-6-17;22-17-4-3-15(13-26-17)16(12-19(30)31)27-20(32)14-5-10-28(11-6-14)18(29)2-1-7-23-21-24-8-9-25-21;1-12(11-15(24)25)21-16(26)13-4-9-22(10-5-13)14(23)3-2-6-18-17-19-7-8-20-17/h1-2,4-5,14,16-17,21H,3,6-13,15H2,(H,30,35)(H,33,34)(H2,26,27,28);1-3,5-6,18-19H,4,7-16H2,(H,28,32)(H,29,35)(H,33,34)(H2,25,26,27);3-4,13-14,16H,1-2,5-12H2,(H,27,32)(H,30,31)(H2,23,24,25);12-13H,2-11H2,1H3,(H,21,26)(H,24,25)(H2,18,19,20)/t21-;19-;16-;12-/m0001/s1. The average molecular weight is 1820 g/mol. The molecule has 4 fully saturated rings. The summed E-state index contributed by atoms with van der Waals surface area (Å²) >= 11 is 5.80. The number of pyridine rings is 2. The van der Waals surface area contributed by atoms with E-state index in [1.165, 1.54) is 6.20 Å². The summed E-state index contributed by atoms with van der Waals surface area (Å²) in [6, 6.07) is 18.6. The Hall–Kier alpha value is -12.7. The zero-order valence-electron chi connectivity index (χ0n) is 73.0. The molecule has 4 aromatic rings. The fraction of sp³-hybridized carbons (Fsp3) is 0.575. The van der Waals surface area contributed by atoms with Crippen molar-refractivity contribution in [3.63, 3.8) is 0 Å². The molecular formula is C87H124ClN23O18. The van der Waals surface area contributed by atoms with E-state index in [1.54, 1.807) is 59.3 Å². The van der Waals surface area contributed by atoms with E-state index in [0.717, 1.165) is 106 Å². The molecule has 41 nitrogen and oxygen atoms in total. The number of para-hydroxylation sites is 1. The number of guanidine groups is 4. The van der Waals surface area contributed by atoms with Gasteiger partial charge in [-0.05, 0) is 119 Å². The second-order valence-corrected chi connectivity index (χ2v) is 32.8. The molecule has 8 aliphatic heterocycles. The Morgan fingerprint density at radius 1 is 0.442 bits per heavy atom. The average Bonchev–Trinajstić information content (AvgIpc) is 1.75. The first-order valence-electron chi connectivity index (χ1n) is 44.5. The molecule has 4 saturated heterocycles. The van der Waals surface area contributed by atoms with Crippen molar-refractivity contribution in [1.29, 1.82) is 0 Å². The molecule has 2 aromatic heterocycles. The van der Waals surface area contributed by atoms with Crippen LogP contribution in [-0.2, 0) is 68.9 Å². The summed E-state index contributed by atoms with van der Waals surface area (Å²) in [5.74, 6) is -2.45. The van der Waals surface area contributed by atoms with Crippen molar-refractivity contribution in [3.8, 4) is 0 Å². The highest BCUT2D eigenvalue weighted by Gasteiger charge is 2.35. The third kappa shape index (κ3) is 35.8. The fourth-order valence-corrected chi connectivity index (χ4v) is 15.6. The van der Waals surface area contributed by atoms with Crippen LogP contribution in [0.15, 0.2) is 105 Å². The van der Waals surface area contributed by atoms with Crippen LogP contribution in [0.2, 0.25) is 5.15 Å². The van der Waals surface area contributed by atoms with E-state index >= 15 is 0 Å². The number of carbonyl (C=O) groups is 13. The van der Waals surface area contributed by atoms with E-state index in [0.29, 0.717) is 185 Å². The largest absolute Gasteiger partial charge is 0.481 e. The van der Waals surface area contributed by atoms with Gasteiger partial charge in [-0.15, -0.1) is 0 Å². The number of piperidine rings is 4. The summed E-state index contributed by atoms with van der Waals surface area (Å²) in [7, 11) is 0. The number of carboxylic acids is 4. The summed E-state index contributed by atoms with van der Waals surface area (Å²) in [5, 5.41) is 76.5. The molecule has 0 bridgehead atoms. The number of halogens is 1. The molecule has 2 aromatic carbocycles. The minimum absolute atomic E-state index is 0.00563. The first-order valence-corrected chi connectivity index (χ1v) is 44.9. The number of amides is 9. The molecule has 10 heterocycles. The highest BCUT2D eigenvalue weighted by atomic mass is 35.5. The maximum absolute atomic E-state index is 13.0. The van der Waals surface area contributed by atoms with Crippen LogP contribution in [0.4, 0.5) is 4.79 Å².